The van der Waals surface area contributed by atoms with Crippen LogP contribution in [0.4, 0.5) is 0 Å². The van der Waals surface area contributed by atoms with Crippen molar-refractivity contribution in [2.24, 2.45) is 69.0 Å². The Kier molecular flexibility index (Phi) is 12.3. The van der Waals surface area contributed by atoms with Crippen molar-refractivity contribution in [3.05, 3.63) is 0 Å². The van der Waals surface area contributed by atoms with Gasteiger partial charge in [0.25, 0.3) is 0 Å². The third kappa shape index (κ3) is 8.54. The molecule has 0 bridgehead atoms. The van der Waals surface area contributed by atoms with Crippen molar-refractivity contribution in [2.45, 2.75) is 155 Å². The number of aliphatic hydroxyl groups excluding tert-OH is 2. The molecule has 1 unspecified atom stereocenters. The molecule has 0 aromatic heterocycles. The van der Waals surface area contributed by atoms with Gasteiger partial charge in [0.15, 0.2) is 0 Å². The summed E-state index contributed by atoms with van der Waals surface area (Å²) in [5.74, 6) is 7.07. The third-order valence-corrected chi connectivity index (χ3v) is 16.7. The second-order valence-corrected chi connectivity index (χ2v) is 20.7. The van der Waals surface area contributed by atoms with Crippen molar-refractivity contribution in [1.29, 1.82) is 0 Å². The molecule has 300 valence electrons. The second kappa shape index (κ2) is 15.2. The molecule has 0 saturated heterocycles. The summed E-state index contributed by atoms with van der Waals surface area (Å²) in [6.07, 6.45) is 20.3. The van der Waals surface area contributed by atoms with Crippen LogP contribution in [0, 0.1) is 69.0 Å². The van der Waals surface area contributed by atoms with Gasteiger partial charge in [0.2, 0.25) is 0 Å². The molecule has 0 radical (unpaired) electrons. The average molecular weight is 777 g/mol. The van der Waals surface area contributed by atoms with Gasteiger partial charge in [0.05, 0.1) is 12.2 Å². The van der Waals surface area contributed by atoms with Crippen LogP contribution in [0.2, 0.25) is 0 Å². The van der Waals surface area contributed by atoms with Crippen LogP contribution in [0.25, 0.3) is 0 Å². The SMILES string of the molecule is C[C@]12CC[C@H](O)CC1CC[C@@H]1[C@@H]2CC[C@]2(C)C(=O)CC[C@@H]12.O=S(=O)(O)O.O=S(=O)(O)O.O=[C:17]1[C@@:13]2([CH3:18])[CH2:12][CH2:11][C@H:9]3[C@@H:8]([CH2:7][CH2:6][C@H:5]4[CH2:4][C@H:3](O)[CH2:2][CH2:1][C@@:10]43[CH3:19])[C@@H:14]2[CH2:15][CH2:16]1. The van der Waals surface area contributed by atoms with Crippen molar-refractivity contribution in [2.75, 3.05) is 0 Å². The minimum Gasteiger partial charge on any atom is -0.393 e. The largest absolute Gasteiger partial charge is 0.394 e. The third-order valence-electron chi connectivity index (χ3n) is 16.7. The molecular weight excluding hydrogens is 713 g/mol. The van der Waals surface area contributed by atoms with Crippen LogP contribution in [0.3, 0.4) is 0 Å². The van der Waals surface area contributed by atoms with Crippen molar-refractivity contribution < 1.29 is 54.8 Å². The highest BCUT2D eigenvalue weighted by molar-refractivity contribution is 7.80. The van der Waals surface area contributed by atoms with Crippen LogP contribution in [-0.2, 0) is 30.4 Å². The number of hydrogen-bond donors (Lipinski definition) is 6. The first kappa shape index (κ1) is 42.1. The Hall–Kier alpha value is -1.00. The van der Waals surface area contributed by atoms with Crippen molar-refractivity contribution >= 4 is 32.4 Å². The van der Waals surface area contributed by atoms with Crippen molar-refractivity contribution in [1.82, 2.24) is 0 Å². The van der Waals surface area contributed by atoms with E-state index in [4.69, 9.17) is 35.0 Å². The van der Waals surface area contributed by atoms with E-state index in [0.29, 0.717) is 34.2 Å². The minimum absolute atomic E-state index is 0.0124. The first-order valence-electron chi connectivity index (χ1n) is 19.7. The Balaban J connectivity index is 0.000000160. The number of carbonyl (C=O) groups is 2. The second-order valence-electron chi connectivity index (χ2n) is 18.9. The lowest BCUT2D eigenvalue weighted by molar-refractivity contribution is -0.142. The summed E-state index contributed by atoms with van der Waals surface area (Å²) in [6.45, 7) is 9.56. The van der Waals surface area contributed by atoms with Gasteiger partial charge in [-0.2, -0.15) is 16.8 Å². The molecule has 0 aromatic rings. The zero-order valence-electron chi connectivity index (χ0n) is 31.5. The maximum absolute atomic E-state index is 12.4. The Morgan fingerprint density at radius 1 is 0.481 bits per heavy atom. The highest BCUT2D eigenvalue weighted by Crippen LogP contribution is 2.67. The molecule has 8 saturated carbocycles. The highest BCUT2D eigenvalue weighted by atomic mass is 32.3. The first-order valence-corrected chi connectivity index (χ1v) is 22.5. The molecule has 0 spiro atoms. The number of Topliss-reactive ketones (excluding diaryl/α,β-unsaturated/α-hetero) is 2. The van der Waals surface area contributed by atoms with Gasteiger partial charge in [0.1, 0.15) is 11.6 Å². The molecule has 6 N–H and O–H groups in total. The fourth-order valence-corrected chi connectivity index (χ4v) is 14.0. The quantitative estimate of drug-likeness (QED) is 0.143. The molecule has 8 aliphatic carbocycles. The zero-order valence-corrected chi connectivity index (χ0v) is 33.1. The summed E-state index contributed by atoms with van der Waals surface area (Å²) in [5.41, 5.74) is 0.904. The summed E-state index contributed by atoms with van der Waals surface area (Å²) >= 11 is 0. The molecule has 0 aliphatic heterocycles. The molecule has 52 heavy (non-hydrogen) atoms. The fraction of sp³-hybridized carbons (Fsp3) is 0.947. The molecule has 0 heterocycles. The van der Waals surface area contributed by atoms with Gasteiger partial charge in [-0.25, -0.2) is 0 Å². The number of ketones is 2. The maximum Gasteiger partial charge on any atom is 0.394 e. The standard InChI is InChI=1S/2C19H30O2.2H2O4S/c2*1-18-9-7-13(20)11-12(18)3-4-14-15-5-6-17(21)19(15,2)10-8-16(14)18;2*1-5(2,3)4/h2*12-16,20H,3-11H2,1-2H3;2*(H2,1,2,3,4)/t12?,13-,14-,15-,16-,18-,19-;12-,13+,14-,15-,16-,18-,19-;;/m00../s1. The predicted octanol–water partition coefficient (Wildman–Crippen LogP) is 6.61. The van der Waals surface area contributed by atoms with Gasteiger partial charge < -0.3 is 10.2 Å². The average Bonchev–Trinajstić information content (AvgIpc) is 3.50. The number of carbonyl (C=O) groups excluding carboxylic acids is 2. The molecule has 14 heteroatoms. The van der Waals surface area contributed by atoms with Crippen LogP contribution in [0.1, 0.15) is 143 Å². The number of fused-ring (bicyclic) bond motifs is 10. The molecule has 8 rings (SSSR count). The van der Waals surface area contributed by atoms with Gasteiger partial charge in [0, 0.05) is 23.7 Å². The lowest BCUT2D eigenvalue weighted by atomic mass is 9.45. The van der Waals surface area contributed by atoms with E-state index < -0.39 is 20.8 Å². The number of rotatable bonds is 0. The molecule has 8 fully saturated rings. The van der Waals surface area contributed by atoms with E-state index in [1.807, 2.05) is 0 Å². The Bertz CT molecular complexity index is 1420. The molecule has 12 nitrogen and oxygen atoms in total. The van der Waals surface area contributed by atoms with Gasteiger partial charge >= 0.3 is 20.8 Å². The summed E-state index contributed by atoms with van der Waals surface area (Å²) in [7, 11) is -9.33. The topological polar surface area (TPSA) is 224 Å². The summed E-state index contributed by atoms with van der Waals surface area (Å²) in [5, 5.41) is 20.1. The van der Waals surface area contributed by atoms with Gasteiger partial charge in [-0.3, -0.25) is 27.8 Å². The normalized spacial score (nSPS) is 47.9. The summed E-state index contributed by atoms with van der Waals surface area (Å²) in [4.78, 5) is 24.8. The highest BCUT2D eigenvalue weighted by Gasteiger charge is 2.61. The van der Waals surface area contributed by atoms with Crippen molar-refractivity contribution in [3.8, 4) is 0 Å². The van der Waals surface area contributed by atoms with Crippen LogP contribution in [0.5, 0.6) is 0 Å². The predicted molar refractivity (Wildman–Crippen MR) is 194 cm³/mol. The first-order chi connectivity index (χ1) is 23.9. The number of hydrogen-bond acceptors (Lipinski definition) is 8. The lowest BCUT2D eigenvalue weighted by Crippen LogP contribution is -2.54. The maximum atomic E-state index is 12.4. The molecule has 0 amide bonds. The van der Waals surface area contributed by atoms with Gasteiger partial charge in [-0.1, -0.05) is 27.7 Å². The van der Waals surface area contributed by atoms with E-state index in [-0.39, 0.29) is 23.0 Å². The van der Waals surface area contributed by atoms with E-state index in [1.165, 1.54) is 51.4 Å². The molecule has 0 aromatic carbocycles. The molecule has 14 atom stereocenters. The summed E-state index contributed by atoms with van der Waals surface area (Å²) < 4.78 is 63.2. The minimum atomic E-state index is -4.67. The van der Waals surface area contributed by atoms with E-state index in [1.54, 1.807) is 0 Å². The monoisotopic (exact) mass is 776 g/mol. The zero-order chi connectivity index (χ0) is 38.7. The van der Waals surface area contributed by atoms with E-state index >= 15 is 0 Å². The molecular formula is C38H64O12S2. The van der Waals surface area contributed by atoms with Crippen LogP contribution < -0.4 is 0 Å². The van der Waals surface area contributed by atoms with E-state index in [2.05, 4.69) is 27.7 Å². The molecule has 8 aliphatic rings. The fourth-order valence-electron chi connectivity index (χ4n) is 14.0. The Morgan fingerprint density at radius 3 is 1.13 bits per heavy atom. The van der Waals surface area contributed by atoms with Gasteiger partial charge in [-0.05, 0) is 161 Å². The van der Waals surface area contributed by atoms with Crippen LogP contribution in [-0.4, -0.2) is 69.0 Å². The van der Waals surface area contributed by atoms with Gasteiger partial charge in [-0.15, -0.1) is 0 Å². The lowest BCUT2D eigenvalue weighted by Gasteiger charge is -2.60. The number of aliphatic hydroxyl groups is 2. The smallest absolute Gasteiger partial charge is 0.393 e. The Morgan fingerprint density at radius 2 is 0.808 bits per heavy atom. The van der Waals surface area contributed by atoms with E-state index in [9.17, 15) is 19.8 Å². The summed E-state index contributed by atoms with van der Waals surface area (Å²) in [6, 6.07) is 0. The Labute approximate surface area is 310 Å². The van der Waals surface area contributed by atoms with Crippen molar-refractivity contribution in [3.63, 3.8) is 0 Å². The van der Waals surface area contributed by atoms with Crippen LogP contribution >= 0.6 is 0 Å². The van der Waals surface area contributed by atoms with E-state index in [0.717, 1.165) is 99.7 Å². The van der Waals surface area contributed by atoms with Crippen LogP contribution in [0.15, 0.2) is 0 Å².